The number of furan rings is 1. The van der Waals surface area contributed by atoms with Crippen LogP contribution in [-0.4, -0.2) is 81.7 Å². The third-order valence-corrected chi connectivity index (χ3v) is 5.57. The zero-order chi connectivity index (χ0) is 28.5. The predicted molar refractivity (Wildman–Crippen MR) is 118 cm³/mol. The normalized spacial score (nSPS) is 21.3. The molecule has 10 nitrogen and oxygen atoms in total. The van der Waals surface area contributed by atoms with Crippen LogP contribution in [0, 0.1) is 18.8 Å². The lowest BCUT2D eigenvalue weighted by Gasteiger charge is -2.35. The van der Waals surface area contributed by atoms with E-state index in [1.54, 1.807) is 12.4 Å². The van der Waals surface area contributed by atoms with E-state index >= 15 is 0 Å². The fourth-order valence-corrected chi connectivity index (χ4v) is 3.89. The van der Waals surface area contributed by atoms with Crippen LogP contribution in [0.2, 0.25) is 0 Å². The summed E-state index contributed by atoms with van der Waals surface area (Å²) in [5.41, 5.74) is 0. The van der Waals surface area contributed by atoms with Crippen LogP contribution in [0.25, 0.3) is 0 Å². The summed E-state index contributed by atoms with van der Waals surface area (Å²) in [4.78, 5) is 28.7. The second kappa shape index (κ2) is 13.4. The molecule has 0 aliphatic carbocycles. The summed E-state index contributed by atoms with van der Waals surface area (Å²) in [5, 5.41) is 17.5. The van der Waals surface area contributed by atoms with Gasteiger partial charge in [0.25, 0.3) is 0 Å². The number of likely N-dealkylation sites (tertiary alicyclic amines) is 1. The molecule has 0 aromatic carbocycles. The third-order valence-electron chi connectivity index (χ3n) is 5.57. The van der Waals surface area contributed by atoms with E-state index in [1.165, 1.54) is 6.42 Å². The zero-order valence-electron chi connectivity index (χ0n) is 20.0. The average Bonchev–Trinajstić information content (AvgIpc) is 3.43. The van der Waals surface area contributed by atoms with Gasteiger partial charge in [-0.25, -0.2) is 19.6 Å². The molecule has 3 N–H and O–H groups in total. The highest BCUT2D eigenvalue weighted by Crippen LogP contribution is 2.35. The van der Waals surface area contributed by atoms with E-state index in [-0.39, 0.29) is 6.10 Å². The maximum atomic E-state index is 10.6. The van der Waals surface area contributed by atoms with E-state index in [0.717, 1.165) is 44.3 Å². The minimum Gasteiger partial charge on any atom is -0.475 e. The van der Waals surface area contributed by atoms with Gasteiger partial charge in [0.05, 0.1) is 19.3 Å². The van der Waals surface area contributed by atoms with Crippen molar-refractivity contribution in [1.82, 2.24) is 14.9 Å². The molecule has 2 saturated heterocycles. The molecule has 3 atom stereocenters. The first-order chi connectivity index (χ1) is 17.7. The third kappa shape index (κ3) is 10.2. The lowest BCUT2D eigenvalue weighted by molar-refractivity contribution is -0.193. The number of alkyl halides is 6. The van der Waals surface area contributed by atoms with Gasteiger partial charge in [-0.1, -0.05) is 0 Å². The van der Waals surface area contributed by atoms with Gasteiger partial charge in [0.2, 0.25) is 5.95 Å². The molecule has 2 aromatic rings. The number of carbonyl (C=O) groups is 2. The Kier molecular flexibility index (Phi) is 10.9. The number of nitrogens with zero attached hydrogens (tertiary/aromatic N) is 3. The molecule has 4 rings (SSSR count). The molecular formula is C22H26F6N4O6. The summed E-state index contributed by atoms with van der Waals surface area (Å²) in [6, 6.07) is 5.94. The Hall–Kier alpha value is -3.40. The van der Waals surface area contributed by atoms with Crippen molar-refractivity contribution < 1.29 is 55.3 Å². The molecule has 212 valence electrons. The first kappa shape index (κ1) is 30.8. The molecule has 16 heteroatoms. The number of hydrogen-bond donors (Lipinski definition) is 3. The number of aryl methyl sites for hydroxylation is 1. The minimum atomic E-state index is -5.08. The van der Waals surface area contributed by atoms with Crippen molar-refractivity contribution in [2.24, 2.45) is 11.8 Å². The fourth-order valence-electron chi connectivity index (χ4n) is 3.89. The summed E-state index contributed by atoms with van der Waals surface area (Å²) >= 11 is 0. The average molecular weight is 556 g/mol. The molecule has 0 bridgehead atoms. The van der Waals surface area contributed by atoms with E-state index in [0.29, 0.717) is 17.8 Å². The molecule has 4 heterocycles. The van der Waals surface area contributed by atoms with Gasteiger partial charge in [-0.2, -0.15) is 26.3 Å². The van der Waals surface area contributed by atoms with E-state index in [9.17, 15) is 26.3 Å². The van der Waals surface area contributed by atoms with Crippen molar-refractivity contribution in [2.75, 3.05) is 31.6 Å². The molecular weight excluding hydrogens is 530 g/mol. The number of anilines is 1. The van der Waals surface area contributed by atoms with Gasteiger partial charge in [-0.15, -0.1) is 0 Å². The van der Waals surface area contributed by atoms with Crippen molar-refractivity contribution in [2.45, 2.75) is 38.3 Å². The summed E-state index contributed by atoms with van der Waals surface area (Å²) in [6.45, 7) is 6.71. The number of carboxylic acid groups (broad SMARTS) is 2. The molecule has 2 aliphatic heterocycles. The highest BCUT2D eigenvalue weighted by Gasteiger charge is 2.41. The summed E-state index contributed by atoms with van der Waals surface area (Å²) in [5.74, 6) is -1.56. The van der Waals surface area contributed by atoms with Crippen molar-refractivity contribution in [3.05, 3.63) is 42.1 Å². The van der Waals surface area contributed by atoms with Gasteiger partial charge >= 0.3 is 24.3 Å². The standard InChI is InChI=1S/C18H24N4O2.2C2HF3O2/c1-13-3-4-15(24-13)11-22-8-5-16-14(10-22)12-23-17(16)9-21-18-19-6-2-7-20-18;2*3-2(4,5)1(6)7/h2-4,6-7,14,16-17H,5,8-12H2,1H3,(H,19,20,21);2*(H,6,7)/t14-,16-,17+;;/m1../s1. The highest BCUT2D eigenvalue weighted by atomic mass is 19.4. The van der Waals surface area contributed by atoms with Gasteiger partial charge in [-0.3, -0.25) is 4.90 Å². The lowest BCUT2D eigenvalue weighted by Crippen LogP contribution is -2.42. The number of ether oxygens (including phenoxy) is 1. The first-order valence-electron chi connectivity index (χ1n) is 11.2. The van der Waals surface area contributed by atoms with Gasteiger partial charge in [0, 0.05) is 31.4 Å². The number of aromatic nitrogens is 2. The molecule has 2 aliphatic rings. The van der Waals surface area contributed by atoms with Crippen LogP contribution in [0.1, 0.15) is 17.9 Å². The van der Waals surface area contributed by atoms with E-state index in [2.05, 4.69) is 26.3 Å². The molecule has 2 aromatic heterocycles. The van der Waals surface area contributed by atoms with Crippen LogP contribution >= 0.6 is 0 Å². The van der Waals surface area contributed by atoms with Crippen LogP contribution in [0.4, 0.5) is 32.3 Å². The molecule has 2 fully saturated rings. The largest absolute Gasteiger partial charge is 0.490 e. The van der Waals surface area contributed by atoms with Crippen molar-refractivity contribution in [3.63, 3.8) is 0 Å². The summed E-state index contributed by atoms with van der Waals surface area (Å²) < 4.78 is 75.2. The molecule has 0 radical (unpaired) electrons. The SMILES string of the molecule is Cc1ccc(CN2CC[C@@H]3[C@@H](CO[C@H]3CNc3ncccn3)C2)o1.O=C(O)C(F)(F)F.O=C(O)C(F)(F)F. The summed E-state index contributed by atoms with van der Waals surface area (Å²) in [6.07, 6.45) is -5.23. The van der Waals surface area contributed by atoms with Crippen molar-refractivity contribution in [1.29, 1.82) is 0 Å². The van der Waals surface area contributed by atoms with Gasteiger partial charge in [-0.05, 0) is 44.0 Å². The Morgan fingerprint density at radius 3 is 2.16 bits per heavy atom. The number of piperidine rings is 1. The molecule has 0 amide bonds. The van der Waals surface area contributed by atoms with Crippen LogP contribution in [-0.2, 0) is 20.9 Å². The molecule has 0 saturated carbocycles. The number of fused-ring (bicyclic) bond motifs is 1. The van der Waals surface area contributed by atoms with E-state index < -0.39 is 24.3 Å². The minimum absolute atomic E-state index is 0.256. The Morgan fingerprint density at radius 2 is 1.66 bits per heavy atom. The number of aliphatic carboxylic acids is 2. The van der Waals surface area contributed by atoms with Gasteiger partial charge in [0.1, 0.15) is 11.5 Å². The monoisotopic (exact) mass is 556 g/mol. The van der Waals surface area contributed by atoms with Crippen molar-refractivity contribution >= 4 is 17.9 Å². The summed E-state index contributed by atoms with van der Waals surface area (Å²) in [7, 11) is 0. The molecule has 0 spiro atoms. The van der Waals surface area contributed by atoms with Crippen LogP contribution in [0.5, 0.6) is 0 Å². The topological polar surface area (TPSA) is 138 Å². The number of halogens is 6. The van der Waals surface area contributed by atoms with E-state index in [4.69, 9.17) is 29.0 Å². The highest BCUT2D eigenvalue weighted by molar-refractivity contribution is 5.73. The second-order valence-electron chi connectivity index (χ2n) is 8.39. The van der Waals surface area contributed by atoms with Crippen molar-refractivity contribution in [3.8, 4) is 0 Å². The zero-order valence-corrected chi connectivity index (χ0v) is 20.0. The smallest absolute Gasteiger partial charge is 0.475 e. The Labute approximate surface area is 212 Å². The Morgan fingerprint density at radius 1 is 1.08 bits per heavy atom. The van der Waals surface area contributed by atoms with Crippen LogP contribution in [0.15, 0.2) is 35.0 Å². The quantitative estimate of drug-likeness (QED) is 0.469. The number of carboxylic acids is 2. The number of nitrogens with one attached hydrogen (secondary N) is 1. The Bertz CT molecular complexity index is 1010. The van der Waals surface area contributed by atoms with Gasteiger partial charge in [0.15, 0.2) is 0 Å². The first-order valence-corrected chi connectivity index (χ1v) is 11.2. The van der Waals surface area contributed by atoms with Gasteiger partial charge < -0.3 is 24.7 Å². The maximum Gasteiger partial charge on any atom is 0.490 e. The molecule has 0 unspecified atom stereocenters. The lowest BCUT2D eigenvalue weighted by atomic mass is 9.84. The fraction of sp³-hybridized carbons (Fsp3) is 0.545. The predicted octanol–water partition coefficient (Wildman–Crippen LogP) is 3.59. The Balaban J connectivity index is 0.000000301. The second-order valence-corrected chi connectivity index (χ2v) is 8.39. The number of hydrogen-bond acceptors (Lipinski definition) is 8. The molecule has 38 heavy (non-hydrogen) atoms. The van der Waals surface area contributed by atoms with E-state index in [1.807, 2.05) is 19.1 Å². The maximum absolute atomic E-state index is 10.6. The van der Waals surface area contributed by atoms with Crippen LogP contribution < -0.4 is 5.32 Å². The number of rotatable bonds is 5. The van der Waals surface area contributed by atoms with Crippen LogP contribution in [0.3, 0.4) is 0 Å².